The zero-order valence-corrected chi connectivity index (χ0v) is 13.6. The minimum Gasteiger partial charge on any atom is -0.483 e. The smallest absolute Gasteiger partial charge is 0.335 e. The van der Waals surface area contributed by atoms with Crippen molar-refractivity contribution < 1.29 is 19.4 Å². The first-order valence-corrected chi connectivity index (χ1v) is 7.40. The van der Waals surface area contributed by atoms with Gasteiger partial charge in [-0.05, 0) is 53.1 Å². The van der Waals surface area contributed by atoms with Crippen LogP contribution >= 0.6 is 22.6 Å². The number of nitrogens with one attached hydrogen (secondary N) is 1. The molecule has 5 nitrogen and oxygen atoms in total. The van der Waals surface area contributed by atoms with E-state index in [0.29, 0.717) is 18.2 Å². The fraction of sp³-hybridized carbons (Fsp3) is 0.429. The molecule has 0 bridgehead atoms. The molecule has 110 valence electrons. The summed E-state index contributed by atoms with van der Waals surface area (Å²) in [7, 11) is 0. The summed E-state index contributed by atoms with van der Waals surface area (Å²) < 4.78 is 6.13. The highest BCUT2D eigenvalue weighted by molar-refractivity contribution is 14.1. The molecule has 0 spiro atoms. The predicted molar refractivity (Wildman–Crippen MR) is 84.1 cm³/mol. The highest BCUT2D eigenvalue weighted by Gasteiger charge is 2.09. The second-order valence-electron chi connectivity index (χ2n) is 4.77. The van der Waals surface area contributed by atoms with Crippen molar-refractivity contribution in [1.29, 1.82) is 0 Å². The minimum absolute atomic E-state index is 0.114. The van der Waals surface area contributed by atoms with Gasteiger partial charge in [0.25, 0.3) is 5.91 Å². The third-order valence-electron chi connectivity index (χ3n) is 2.58. The fourth-order valence-corrected chi connectivity index (χ4v) is 1.93. The van der Waals surface area contributed by atoms with Crippen molar-refractivity contribution in [3.63, 3.8) is 0 Å². The Morgan fingerprint density at radius 3 is 2.70 bits per heavy atom. The average molecular weight is 391 g/mol. The first-order valence-electron chi connectivity index (χ1n) is 6.32. The molecule has 0 unspecified atom stereocenters. The molecule has 0 aliphatic carbocycles. The van der Waals surface area contributed by atoms with Gasteiger partial charge in [-0.25, -0.2) is 4.79 Å². The molecule has 0 atom stereocenters. The summed E-state index contributed by atoms with van der Waals surface area (Å²) in [5.41, 5.74) is 0.139. The number of carbonyl (C=O) groups is 2. The van der Waals surface area contributed by atoms with Gasteiger partial charge in [0, 0.05) is 6.54 Å². The number of carboxylic acids is 1. The van der Waals surface area contributed by atoms with Crippen LogP contribution in [0.5, 0.6) is 5.75 Å². The molecule has 0 aromatic heterocycles. The molecule has 0 heterocycles. The summed E-state index contributed by atoms with van der Waals surface area (Å²) in [6.07, 6.45) is 0.914. The Hall–Kier alpha value is -1.31. The predicted octanol–water partition coefficient (Wildman–Crippen LogP) is 2.53. The second-order valence-corrected chi connectivity index (χ2v) is 5.93. The lowest BCUT2D eigenvalue weighted by atomic mass is 10.1. The van der Waals surface area contributed by atoms with Gasteiger partial charge < -0.3 is 15.2 Å². The van der Waals surface area contributed by atoms with Crippen LogP contribution in [0.3, 0.4) is 0 Å². The Labute approximate surface area is 131 Å². The van der Waals surface area contributed by atoms with Crippen LogP contribution in [-0.4, -0.2) is 30.1 Å². The van der Waals surface area contributed by atoms with E-state index in [4.69, 9.17) is 9.84 Å². The lowest BCUT2D eigenvalue weighted by Gasteiger charge is -2.10. The van der Waals surface area contributed by atoms with Gasteiger partial charge in [0.05, 0.1) is 9.13 Å². The summed E-state index contributed by atoms with van der Waals surface area (Å²) in [6, 6.07) is 4.57. The first-order chi connectivity index (χ1) is 9.40. The zero-order chi connectivity index (χ0) is 15.1. The molecule has 1 aromatic rings. The van der Waals surface area contributed by atoms with Gasteiger partial charge in [-0.3, -0.25) is 4.79 Å². The zero-order valence-electron chi connectivity index (χ0n) is 11.5. The van der Waals surface area contributed by atoms with E-state index in [2.05, 4.69) is 19.2 Å². The van der Waals surface area contributed by atoms with Crippen LogP contribution in [0, 0.1) is 9.49 Å². The molecule has 1 aromatic carbocycles. The Morgan fingerprint density at radius 1 is 1.40 bits per heavy atom. The van der Waals surface area contributed by atoms with Crippen LogP contribution in [0.4, 0.5) is 0 Å². The van der Waals surface area contributed by atoms with Gasteiger partial charge in [0.1, 0.15) is 5.75 Å². The minimum atomic E-state index is -1.02. The number of aromatic carboxylic acids is 1. The van der Waals surface area contributed by atoms with Crippen LogP contribution in [0.25, 0.3) is 0 Å². The van der Waals surface area contributed by atoms with Crippen molar-refractivity contribution >= 4 is 34.5 Å². The van der Waals surface area contributed by atoms with E-state index in [0.717, 1.165) is 9.99 Å². The molecular formula is C14H18INO4. The Morgan fingerprint density at radius 2 is 2.10 bits per heavy atom. The van der Waals surface area contributed by atoms with E-state index in [1.165, 1.54) is 12.1 Å². The van der Waals surface area contributed by atoms with Crippen LogP contribution in [0.15, 0.2) is 18.2 Å². The highest BCUT2D eigenvalue weighted by atomic mass is 127. The second kappa shape index (κ2) is 8.08. The van der Waals surface area contributed by atoms with Gasteiger partial charge in [-0.1, -0.05) is 13.8 Å². The number of hydrogen-bond acceptors (Lipinski definition) is 3. The third-order valence-corrected chi connectivity index (χ3v) is 3.47. The van der Waals surface area contributed by atoms with Crippen LogP contribution in [-0.2, 0) is 4.79 Å². The van der Waals surface area contributed by atoms with E-state index in [1.54, 1.807) is 6.07 Å². The molecule has 2 N–H and O–H groups in total. The molecule has 0 fully saturated rings. The molecule has 6 heteroatoms. The lowest BCUT2D eigenvalue weighted by molar-refractivity contribution is -0.123. The van der Waals surface area contributed by atoms with Crippen molar-refractivity contribution in [1.82, 2.24) is 5.32 Å². The first kappa shape index (κ1) is 16.7. The molecule has 0 aliphatic rings. The maximum atomic E-state index is 11.6. The number of hydrogen-bond donors (Lipinski definition) is 2. The number of carbonyl (C=O) groups excluding carboxylic acids is 1. The maximum absolute atomic E-state index is 11.6. The number of rotatable bonds is 7. The normalized spacial score (nSPS) is 10.4. The summed E-state index contributed by atoms with van der Waals surface area (Å²) in [6.45, 7) is 4.67. The van der Waals surface area contributed by atoms with Crippen molar-refractivity contribution in [2.45, 2.75) is 20.3 Å². The monoisotopic (exact) mass is 391 g/mol. The van der Waals surface area contributed by atoms with Gasteiger partial charge in [0.15, 0.2) is 6.61 Å². The number of ether oxygens (including phenoxy) is 1. The Bertz CT molecular complexity index is 488. The molecular weight excluding hydrogens is 373 g/mol. The molecule has 0 aliphatic heterocycles. The highest BCUT2D eigenvalue weighted by Crippen LogP contribution is 2.22. The molecule has 20 heavy (non-hydrogen) atoms. The van der Waals surface area contributed by atoms with Gasteiger partial charge in [0.2, 0.25) is 0 Å². The average Bonchev–Trinajstić information content (AvgIpc) is 2.37. The van der Waals surface area contributed by atoms with E-state index < -0.39 is 5.97 Å². The summed E-state index contributed by atoms with van der Waals surface area (Å²) in [5, 5.41) is 11.7. The molecule has 0 saturated heterocycles. The van der Waals surface area contributed by atoms with Crippen molar-refractivity contribution in [3.8, 4) is 5.75 Å². The third kappa shape index (κ3) is 5.77. The summed E-state index contributed by atoms with van der Waals surface area (Å²) in [5.74, 6) is -0.288. The van der Waals surface area contributed by atoms with Gasteiger partial charge in [-0.15, -0.1) is 0 Å². The summed E-state index contributed by atoms with van der Waals surface area (Å²) >= 11 is 2.03. The number of carboxylic acid groups (broad SMARTS) is 1. The van der Waals surface area contributed by atoms with E-state index in [1.807, 2.05) is 22.6 Å². The standard InChI is InChI=1S/C14H18INO4/c1-9(2)5-6-16-13(17)8-20-12-7-10(14(18)19)3-4-11(12)15/h3-4,7,9H,5-6,8H2,1-2H3,(H,16,17)(H,18,19). The molecule has 0 radical (unpaired) electrons. The van der Waals surface area contributed by atoms with E-state index in [-0.39, 0.29) is 18.1 Å². The maximum Gasteiger partial charge on any atom is 0.335 e. The van der Waals surface area contributed by atoms with Crippen LogP contribution in [0.1, 0.15) is 30.6 Å². The molecule has 0 saturated carbocycles. The number of halogens is 1. The largest absolute Gasteiger partial charge is 0.483 e. The molecule has 1 amide bonds. The number of benzene rings is 1. The Kier molecular flexibility index (Phi) is 6.77. The van der Waals surface area contributed by atoms with Gasteiger partial charge in [-0.2, -0.15) is 0 Å². The van der Waals surface area contributed by atoms with Crippen LogP contribution < -0.4 is 10.1 Å². The van der Waals surface area contributed by atoms with Crippen molar-refractivity contribution in [3.05, 3.63) is 27.3 Å². The van der Waals surface area contributed by atoms with Crippen molar-refractivity contribution in [2.24, 2.45) is 5.92 Å². The van der Waals surface area contributed by atoms with Gasteiger partial charge >= 0.3 is 5.97 Å². The van der Waals surface area contributed by atoms with Crippen molar-refractivity contribution in [2.75, 3.05) is 13.2 Å². The van der Waals surface area contributed by atoms with E-state index in [9.17, 15) is 9.59 Å². The fourth-order valence-electron chi connectivity index (χ4n) is 1.44. The SMILES string of the molecule is CC(C)CCNC(=O)COc1cc(C(=O)O)ccc1I. The summed E-state index contributed by atoms with van der Waals surface area (Å²) in [4.78, 5) is 22.4. The number of amides is 1. The van der Waals surface area contributed by atoms with E-state index >= 15 is 0 Å². The quantitative estimate of drug-likeness (QED) is 0.701. The molecule has 1 rings (SSSR count). The lowest BCUT2D eigenvalue weighted by Crippen LogP contribution is -2.30. The topological polar surface area (TPSA) is 75.6 Å². The Balaban J connectivity index is 2.50. The van der Waals surface area contributed by atoms with Crippen LogP contribution in [0.2, 0.25) is 0 Å².